The van der Waals surface area contributed by atoms with Crippen LogP contribution in [0.1, 0.15) is 20.7 Å². The van der Waals surface area contributed by atoms with Gasteiger partial charge in [0.05, 0.1) is 23.6 Å². The van der Waals surface area contributed by atoms with Crippen LogP contribution in [-0.2, 0) is 9.53 Å². The van der Waals surface area contributed by atoms with Crippen molar-refractivity contribution in [2.45, 2.75) is 6.04 Å². The van der Waals surface area contributed by atoms with E-state index in [-0.39, 0.29) is 22.4 Å². The number of amides is 2. The Morgan fingerprint density at radius 1 is 1.19 bits per heavy atom. The highest BCUT2D eigenvalue weighted by Crippen LogP contribution is 2.26. The Morgan fingerprint density at radius 2 is 1.93 bits per heavy atom. The maximum Gasteiger partial charge on any atom is 0.339 e. The van der Waals surface area contributed by atoms with E-state index in [9.17, 15) is 14.4 Å². The van der Waals surface area contributed by atoms with Gasteiger partial charge in [-0.3, -0.25) is 9.59 Å². The largest absolute Gasteiger partial charge is 0.465 e. The molecule has 6 nitrogen and oxygen atoms in total. The van der Waals surface area contributed by atoms with Crippen LogP contribution in [0.3, 0.4) is 0 Å². The smallest absolute Gasteiger partial charge is 0.339 e. The number of carbonyl (C=O) groups is 3. The fourth-order valence-electron chi connectivity index (χ4n) is 2.70. The molecule has 1 heterocycles. The fourth-order valence-corrected chi connectivity index (χ4v) is 4.05. The molecule has 0 saturated carbocycles. The summed E-state index contributed by atoms with van der Waals surface area (Å²) in [6.45, 7) is 0. The van der Waals surface area contributed by atoms with Gasteiger partial charge < -0.3 is 15.0 Å². The lowest BCUT2D eigenvalue weighted by molar-refractivity contribution is -0.119. The molecule has 2 amide bonds. The number of nitrogens with zero attached hydrogens (tertiary/aromatic N) is 1. The zero-order chi connectivity index (χ0) is 19.4. The van der Waals surface area contributed by atoms with Gasteiger partial charge in [-0.05, 0) is 30.3 Å². The Morgan fingerprint density at radius 3 is 2.63 bits per heavy atom. The third-order valence-corrected chi connectivity index (χ3v) is 5.45. The number of hydrogen-bond donors (Lipinski definition) is 1. The molecule has 0 bridgehead atoms. The van der Waals surface area contributed by atoms with Crippen molar-refractivity contribution in [3.05, 3.63) is 64.7 Å². The fraction of sp³-hybridized carbons (Fsp3) is 0.211. The molecule has 0 spiro atoms. The molecule has 27 heavy (non-hydrogen) atoms. The van der Waals surface area contributed by atoms with E-state index in [2.05, 4.69) is 10.1 Å². The van der Waals surface area contributed by atoms with E-state index in [0.29, 0.717) is 22.9 Å². The van der Waals surface area contributed by atoms with Gasteiger partial charge >= 0.3 is 5.97 Å². The van der Waals surface area contributed by atoms with Gasteiger partial charge in [-0.1, -0.05) is 29.8 Å². The highest BCUT2D eigenvalue weighted by atomic mass is 35.5. The van der Waals surface area contributed by atoms with Crippen molar-refractivity contribution in [1.29, 1.82) is 0 Å². The molecule has 0 radical (unpaired) electrons. The monoisotopic (exact) mass is 404 g/mol. The van der Waals surface area contributed by atoms with Crippen LogP contribution < -0.4 is 5.32 Å². The van der Waals surface area contributed by atoms with Gasteiger partial charge in [0.15, 0.2) is 0 Å². The van der Waals surface area contributed by atoms with Crippen molar-refractivity contribution >= 4 is 46.8 Å². The first-order chi connectivity index (χ1) is 13.0. The maximum absolute atomic E-state index is 12.7. The van der Waals surface area contributed by atoms with E-state index < -0.39 is 12.0 Å². The summed E-state index contributed by atoms with van der Waals surface area (Å²) in [5.74, 6) is -0.148. The molecule has 1 aliphatic rings. The van der Waals surface area contributed by atoms with Gasteiger partial charge in [0.1, 0.15) is 6.04 Å². The first kappa shape index (κ1) is 19.3. The number of nitrogens with one attached hydrogen (secondary N) is 1. The molecule has 2 aromatic carbocycles. The van der Waals surface area contributed by atoms with Crippen LogP contribution in [0.15, 0.2) is 48.5 Å². The zero-order valence-electron chi connectivity index (χ0n) is 14.5. The highest BCUT2D eigenvalue weighted by molar-refractivity contribution is 7.99. The van der Waals surface area contributed by atoms with Gasteiger partial charge in [0.2, 0.25) is 5.91 Å². The molecule has 3 rings (SSSR count). The minimum absolute atomic E-state index is 0.162. The number of hydrogen-bond acceptors (Lipinski definition) is 5. The molecule has 0 aliphatic carbocycles. The van der Waals surface area contributed by atoms with Crippen LogP contribution in [0.4, 0.5) is 5.69 Å². The molecule has 1 atom stereocenters. The van der Waals surface area contributed by atoms with Crippen LogP contribution >= 0.6 is 23.4 Å². The summed E-state index contributed by atoms with van der Waals surface area (Å²) < 4.78 is 4.68. The van der Waals surface area contributed by atoms with Crippen LogP contribution in [0.25, 0.3) is 0 Å². The van der Waals surface area contributed by atoms with Gasteiger partial charge in [0.25, 0.3) is 5.91 Å². The van der Waals surface area contributed by atoms with Crippen molar-refractivity contribution in [2.75, 3.05) is 24.1 Å². The molecule has 0 aromatic heterocycles. The number of anilines is 1. The summed E-state index contributed by atoms with van der Waals surface area (Å²) >= 11 is 7.51. The number of ether oxygens (including phenoxy) is 1. The van der Waals surface area contributed by atoms with Crippen molar-refractivity contribution in [3.8, 4) is 0 Å². The van der Waals surface area contributed by atoms with Crippen LogP contribution in [0, 0.1) is 0 Å². The second-order valence-electron chi connectivity index (χ2n) is 5.83. The van der Waals surface area contributed by atoms with Crippen molar-refractivity contribution in [3.63, 3.8) is 0 Å². The van der Waals surface area contributed by atoms with Crippen LogP contribution in [-0.4, -0.2) is 47.5 Å². The number of methoxy groups -OCH3 is 1. The minimum atomic E-state index is -0.597. The number of halogens is 1. The van der Waals surface area contributed by atoms with Gasteiger partial charge in [-0.2, -0.15) is 0 Å². The quantitative estimate of drug-likeness (QED) is 0.791. The number of rotatable bonds is 4. The third kappa shape index (κ3) is 4.26. The second kappa shape index (κ2) is 8.45. The Hall–Kier alpha value is -2.51. The molecule has 140 valence electrons. The third-order valence-electron chi connectivity index (χ3n) is 4.11. The minimum Gasteiger partial charge on any atom is -0.465 e. The lowest BCUT2D eigenvalue weighted by Crippen LogP contribution is -2.44. The Balaban J connectivity index is 1.76. The van der Waals surface area contributed by atoms with Gasteiger partial charge in [-0.25, -0.2) is 4.79 Å². The number of carbonyl (C=O) groups excluding carboxylic acids is 3. The topological polar surface area (TPSA) is 75.7 Å². The summed E-state index contributed by atoms with van der Waals surface area (Å²) in [6.07, 6.45) is 0. The number of benzene rings is 2. The van der Waals surface area contributed by atoms with E-state index in [1.54, 1.807) is 35.2 Å². The van der Waals surface area contributed by atoms with E-state index >= 15 is 0 Å². The molecule has 1 unspecified atom stereocenters. The number of esters is 1. The number of thioether (sulfide) groups is 1. The lowest BCUT2D eigenvalue weighted by Gasteiger charge is -2.23. The molecule has 2 aromatic rings. The van der Waals surface area contributed by atoms with Gasteiger partial charge in [0, 0.05) is 17.0 Å². The highest BCUT2D eigenvalue weighted by Gasteiger charge is 2.35. The molecule has 1 saturated heterocycles. The molecule has 1 fully saturated rings. The standard InChI is InChI=1S/C19H17ClN2O4S/c1-26-19(25)14-9-13(7-8-15(14)20)21-17(23)16-10-27-11-22(16)18(24)12-5-3-2-4-6-12/h2-9,16H,10-11H2,1H3,(H,21,23). The summed E-state index contributed by atoms with van der Waals surface area (Å²) in [7, 11) is 1.26. The lowest BCUT2D eigenvalue weighted by atomic mass is 10.1. The zero-order valence-corrected chi connectivity index (χ0v) is 16.0. The first-order valence-corrected chi connectivity index (χ1v) is 9.67. The summed E-state index contributed by atoms with van der Waals surface area (Å²) in [5, 5.41) is 2.99. The molecule has 1 N–H and O–H groups in total. The van der Waals surface area contributed by atoms with E-state index in [1.807, 2.05) is 6.07 Å². The van der Waals surface area contributed by atoms with Crippen LogP contribution in [0.2, 0.25) is 5.02 Å². The average Bonchev–Trinajstić information content (AvgIpc) is 3.19. The Bertz CT molecular complexity index is 875. The average molecular weight is 405 g/mol. The maximum atomic E-state index is 12.7. The second-order valence-corrected chi connectivity index (χ2v) is 7.24. The molecular formula is C19H17ClN2O4S. The van der Waals surface area contributed by atoms with E-state index in [1.165, 1.54) is 31.0 Å². The Labute approximate surface area is 165 Å². The van der Waals surface area contributed by atoms with E-state index in [4.69, 9.17) is 11.6 Å². The van der Waals surface area contributed by atoms with Crippen molar-refractivity contribution < 1.29 is 19.1 Å². The first-order valence-electron chi connectivity index (χ1n) is 8.13. The normalized spacial score (nSPS) is 16.1. The van der Waals surface area contributed by atoms with Gasteiger partial charge in [-0.15, -0.1) is 11.8 Å². The summed E-state index contributed by atoms with van der Waals surface area (Å²) in [6, 6.07) is 12.8. The predicted molar refractivity (Wildman–Crippen MR) is 105 cm³/mol. The van der Waals surface area contributed by atoms with E-state index in [0.717, 1.165) is 0 Å². The van der Waals surface area contributed by atoms with Crippen LogP contribution in [0.5, 0.6) is 0 Å². The van der Waals surface area contributed by atoms with Crippen molar-refractivity contribution in [2.24, 2.45) is 0 Å². The van der Waals surface area contributed by atoms with Crippen molar-refractivity contribution in [1.82, 2.24) is 4.90 Å². The summed E-state index contributed by atoms with van der Waals surface area (Å²) in [4.78, 5) is 38.7. The SMILES string of the molecule is COC(=O)c1cc(NC(=O)C2CSCN2C(=O)c2ccccc2)ccc1Cl. The Kier molecular flexibility index (Phi) is 6.03. The molecule has 8 heteroatoms. The predicted octanol–water partition coefficient (Wildman–Crippen LogP) is 3.28. The molecular weight excluding hydrogens is 388 g/mol. The summed E-state index contributed by atoms with van der Waals surface area (Å²) in [5.41, 5.74) is 1.11. The molecule has 1 aliphatic heterocycles.